The second-order valence-corrected chi connectivity index (χ2v) is 9.14. The summed E-state index contributed by atoms with van der Waals surface area (Å²) in [6.45, 7) is 0.962. The molecule has 170 valence electrons. The molecule has 1 saturated heterocycles. The number of amides is 1. The van der Waals surface area contributed by atoms with Crippen molar-refractivity contribution in [1.29, 1.82) is 0 Å². The third kappa shape index (κ3) is 4.80. The molecule has 2 heterocycles. The van der Waals surface area contributed by atoms with E-state index in [0.29, 0.717) is 30.0 Å². The number of carbonyl (C=O) groups excluding carboxylic acids is 1. The number of benzene rings is 2. The summed E-state index contributed by atoms with van der Waals surface area (Å²) in [5, 5.41) is 0. The molecular weight excluding hydrogens is 432 g/mol. The molecule has 2 aliphatic rings. The van der Waals surface area contributed by atoms with Crippen molar-refractivity contribution in [3.63, 3.8) is 0 Å². The smallest absolute Gasteiger partial charge is 0.344 e. The molecule has 2 aromatic rings. The van der Waals surface area contributed by atoms with Crippen molar-refractivity contribution in [2.24, 2.45) is 10.1 Å². The monoisotopic (exact) mass is 458 g/mol. The van der Waals surface area contributed by atoms with Crippen LogP contribution < -0.4 is 19.9 Å². The van der Waals surface area contributed by atoms with Crippen molar-refractivity contribution < 1.29 is 22.7 Å². The highest BCUT2D eigenvalue weighted by atomic mass is 32.2. The Labute approximate surface area is 187 Å². The van der Waals surface area contributed by atoms with Crippen molar-refractivity contribution in [2.75, 3.05) is 25.0 Å². The standard InChI is InChI=1S/C22H26N4O5S/c1-30-17-10-8-15(9-11-17)13-20(27)26-12-3-2-5-16(26)14-31-19-7-4-6-18-21(19)22(23)25-32(28,29)24-18/h4,6-11,16,24H,2-3,5,12-14H2,1H3,(H2,23,25). The lowest BCUT2D eigenvalue weighted by Crippen LogP contribution is -2.47. The van der Waals surface area contributed by atoms with E-state index < -0.39 is 10.2 Å². The maximum Gasteiger partial charge on any atom is 0.344 e. The van der Waals surface area contributed by atoms with Gasteiger partial charge in [0, 0.05) is 6.54 Å². The predicted molar refractivity (Wildman–Crippen MR) is 121 cm³/mol. The third-order valence-electron chi connectivity index (χ3n) is 5.63. The van der Waals surface area contributed by atoms with Gasteiger partial charge in [-0.3, -0.25) is 9.52 Å². The van der Waals surface area contributed by atoms with E-state index in [9.17, 15) is 13.2 Å². The third-order valence-corrected chi connectivity index (χ3v) is 6.55. The normalized spacial score (nSPS) is 19.3. The Morgan fingerprint density at radius 1 is 1.22 bits per heavy atom. The maximum atomic E-state index is 13.0. The zero-order valence-corrected chi connectivity index (χ0v) is 18.6. The lowest BCUT2D eigenvalue weighted by atomic mass is 10.0. The van der Waals surface area contributed by atoms with Crippen LogP contribution in [-0.4, -0.2) is 51.4 Å². The highest BCUT2D eigenvalue weighted by Gasteiger charge is 2.29. The van der Waals surface area contributed by atoms with Crippen LogP contribution in [0.5, 0.6) is 11.5 Å². The van der Waals surface area contributed by atoms with Gasteiger partial charge in [-0.15, -0.1) is 4.40 Å². The number of fused-ring (bicyclic) bond motifs is 1. The summed E-state index contributed by atoms with van der Waals surface area (Å²) in [5.41, 5.74) is 7.55. The van der Waals surface area contributed by atoms with E-state index in [-0.39, 0.29) is 24.4 Å². The molecule has 1 amide bonds. The molecule has 0 aromatic heterocycles. The van der Waals surface area contributed by atoms with Gasteiger partial charge in [0.05, 0.1) is 30.8 Å². The fourth-order valence-corrected chi connectivity index (χ4v) is 4.89. The van der Waals surface area contributed by atoms with E-state index in [0.717, 1.165) is 30.6 Å². The van der Waals surface area contributed by atoms with Gasteiger partial charge in [-0.2, -0.15) is 8.42 Å². The van der Waals surface area contributed by atoms with Crippen LogP contribution in [0.4, 0.5) is 5.69 Å². The molecule has 0 bridgehead atoms. The Hall–Kier alpha value is -3.27. The van der Waals surface area contributed by atoms with Gasteiger partial charge in [-0.05, 0) is 49.1 Å². The van der Waals surface area contributed by atoms with E-state index in [2.05, 4.69) is 9.12 Å². The Morgan fingerprint density at radius 3 is 2.75 bits per heavy atom. The molecule has 1 unspecified atom stereocenters. The molecule has 0 saturated carbocycles. The van der Waals surface area contributed by atoms with Crippen LogP contribution in [0.2, 0.25) is 0 Å². The van der Waals surface area contributed by atoms with E-state index >= 15 is 0 Å². The van der Waals surface area contributed by atoms with Gasteiger partial charge in [0.15, 0.2) is 5.84 Å². The molecule has 4 rings (SSSR count). The topological polar surface area (TPSA) is 123 Å². The molecule has 3 N–H and O–H groups in total. The fraction of sp³-hybridized carbons (Fsp3) is 0.364. The summed E-state index contributed by atoms with van der Waals surface area (Å²) in [5.74, 6) is 1.11. The Balaban J connectivity index is 1.46. The molecule has 9 nitrogen and oxygen atoms in total. The number of amidine groups is 1. The molecule has 0 spiro atoms. The van der Waals surface area contributed by atoms with Crippen LogP contribution in [0.1, 0.15) is 30.4 Å². The highest BCUT2D eigenvalue weighted by molar-refractivity contribution is 7.91. The number of piperidine rings is 1. The quantitative estimate of drug-likeness (QED) is 0.683. The first kappa shape index (κ1) is 21.9. The van der Waals surface area contributed by atoms with Crippen LogP contribution in [0, 0.1) is 0 Å². The van der Waals surface area contributed by atoms with Crippen LogP contribution in [-0.2, 0) is 21.4 Å². The zero-order chi connectivity index (χ0) is 22.7. The van der Waals surface area contributed by atoms with Crippen LogP contribution >= 0.6 is 0 Å². The summed E-state index contributed by atoms with van der Waals surface area (Å²) < 4.78 is 40.6. The molecule has 2 aromatic carbocycles. The van der Waals surface area contributed by atoms with Gasteiger partial charge in [-0.1, -0.05) is 18.2 Å². The number of nitrogens with one attached hydrogen (secondary N) is 1. The number of anilines is 1. The van der Waals surface area contributed by atoms with Gasteiger partial charge in [-0.25, -0.2) is 0 Å². The second kappa shape index (κ2) is 9.07. The zero-order valence-electron chi connectivity index (χ0n) is 17.8. The summed E-state index contributed by atoms with van der Waals surface area (Å²) >= 11 is 0. The molecule has 32 heavy (non-hydrogen) atoms. The minimum Gasteiger partial charge on any atom is -0.497 e. The Kier molecular flexibility index (Phi) is 6.22. The van der Waals surface area contributed by atoms with Crippen LogP contribution in [0.25, 0.3) is 0 Å². The van der Waals surface area contributed by atoms with Gasteiger partial charge in [0.25, 0.3) is 0 Å². The number of nitrogens with zero attached hydrogens (tertiary/aromatic N) is 2. The first-order valence-electron chi connectivity index (χ1n) is 10.4. The lowest BCUT2D eigenvalue weighted by molar-refractivity contribution is -0.134. The number of nitrogens with two attached hydrogens (primary N) is 1. The number of methoxy groups -OCH3 is 1. The summed E-state index contributed by atoms with van der Waals surface area (Å²) in [7, 11) is -2.25. The van der Waals surface area contributed by atoms with Crippen molar-refractivity contribution >= 4 is 27.6 Å². The fourth-order valence-electron chi connectivity index (χ4n) is 4.05. The van der Waals surface area contributed by atoms with E-state index in [1.54, 1.807) is 25.3 Å². The van der Waals surface area contributed by atoms with Crippen molar-refractivity contribution in [1.82, 2.24) is 4.90 Å². The average molecular weight is 459 g/mol. The largest absolute Gasteiger partial charge is 0.497 e. The molecule has 1 atom stereocenters. The van der Waals surface area contributed by atoms with Crippen molar-refractivity contribution in [3.05, 3.63) is 53.6 Å². The number of hydrogen-bond acceptors (Lipinski definition) is 6. The minimum absolute atomic E-state index is 0.0485. The first-order valence-corrected chi connectivity index (χ1v) is 11.9. The SMILES string of the molecule is COc1ccc(CC(=O)N2CCCCC2COc2cccc3c2C(N)=NS(=O)(=O)N3)cc1. The van der Waals surface area contributed by atoms with Gasteiger partial charge < -0.3 is 20.1 Å². The molecule has 10 heteroatoms. The van der Waals surface area contributed by atoms with E-state index in [4.69, 9.17) is 15.2 Å². The Morgan fingerprint density at radius 2 is 2.00 bits per heavy atom. The van der Waals surface area contributed by atoms with E-state index in [1.165, 1.54) is 0 Å². The number of hydrogen-bond donors (Lipinski definition) is 2. The number of ether oxygens (including phenoxy) is 2. The predicted octanol–water partition coefficient (Wildman–Crippen LogP) is 2.07. The highest BCUT2D eigenvalue weighted by Crippen LogP contribution is 2.31. The number of likely N-dealkylation sites (tertiary alicyclic amines) is 1. The molecule has 1 fully saturated rings. The van der Waals surface area contributed by atoms with Gasteiger partial charge in [0.2, 0.25) is 5.91 Å². The Bertz CT molecular complexity index is 1130. The van der Waals surface area contributed by atoms with Gasteiger partial charge >= 0.3 is 10.2 Å². The minimum atomic E-state index is -3.86. The molecule has 0 aliphatic carbocycles. The van der Waals surface area contributed by atoms with E-state index in [1.807, 2.05) is 29.2 Å². The van der Waals surface area contributed by atoms with Crippen molar-refractivity contribution in [2.45, 2.75) is 31.7 Å². The second-order valence-electron chi connectivity index (χ2n) is 7.80. The lowest BCUT2D eigenvalue weighted by Gasteiger charge is -2.36. The average Bonchev–Trinajstić information content (AvgIpc) is 2.77. The van der Waals surface area contributed by atoms with Crippen LogP contribution in [0.3, 0.4) is 0 Å². The number of rotatable bonds is 6. The summed E-state index contributed by atoms with van der Waals surface area (Å²) in [4.78, 5) is 14.9. The van der Waals surface area contributed by atoms with Crippen molar-refractivity contribution in [3.8, 4) is 11.5 Å². The van der Waals surface area contributed by atoms with Gasteiger partial charge in [0.1, 0.15) is 18.1 Å². The first-order chi connectivity index (χ1) is 15.4. The molecule has 0 radical (unpaired) electrons. The summed E-state index contributed by atoms with van der Waals surface area (Å²) in [6.07, 6.45) is 3.10. The van der Waals surface area contributed by atoms with Crippen LogP contribution in [0.15, 0.2) is 46.9 Å². The maximum absolute atomic E-state index is 13.0. The molecular formula is C22H26N4O5S. The number of carbonyl (C=O) groups is 1. The summed E-state index contributed by atoms with van der Waals surface area (Å²) in [6, 6.07) is 12.4. The molecule has 2 aliphatic heterocycles.